The molecule has 1 unspecified atom stereocenters. The molecule has 37 heavy (non-hydrogen) atoms. The highest BCUT2D eigenvalue weighted by Crippen LogP contribution is 2.34. The van der Waals surface area contributed by atoms with E-state index >= 15 is 0 Å². The van der Waals surface area contributed by atoms with Gasteiger partial charge in [-0.25, -0.2) is 4.79 Å². The Morgan fingerprint density at radius 3 is 2.54 bits per heavy atom. The number of thiophene rings is 1. The second-order valence-electron chi connectivity index (χ2n) is 8.23. The number of carbonyl (C=O) groups excluding carboxylic acids is 3. The first-order valence-electron chi connectivity index (χ1n) is 11.8. The van der Waals surface area contributed by atoms with Crippen LogP contribution in [0.5, 0.6) is 5.75 Å². The molecule has 1 atom stereocenters. The maximum absolute atomic E-state index is 12.8. The number of thioether (sulfide) groups is 1. The molecule has 3 N–H and O–H groups in total. The van der Waals surface area contributed by atoms with Crippen molar-refractivity contribution in [3.63, 3.8) is 0 Å². The Labute approximate surface area is 223 Å². The summed E-state index contributed by atoms with van der Waals surface area (Å²) in [6.45, 7) is 11.9. The van der Waals surface area contributed by atoms with Gasteiger partial charge >= 0.3 is 5.97 Å². The highest BCUT2D eigenvalue weighted by Gasteiger charge is 2.26. The quantitative estimate of drug-likeness (QED) is 0.267. The number of hydrogen-bond acceptors (Lipinski definition) is 9. The Morgan fingerprint density at radius 1 is 1.16 bits per heavy atom. The van der Waals surface area contributed by atoms with Gasteiger partial charge in [-0.05, 0) is 64.3 Å². The lowest BCUT2D eigenvalue weighted by Gasteiger charge is -2.17. The number of benzene rings is 1. The van der Waals surface area contributed by atoms with E-state index in [4.69, 9.17) is 15.2 Å². The minimum absolute atomic E-state index is 0.00940. The molecule has 0 aliphatic rings. The van der Waals surface area contributed by atoms with Crippen molar-refractivity contribution >= 4 is 45.9 Å². The van der Waals surface area contributed by atoms with E-state index in [0.717, 1.165) is 28.2 Å². The summed E-state index contributed by atoms with van der Waals surface area (Å²) in [7, 11) is 0. The first kappa shape index (κ1) is 28.2. The molecule has 0 radical (unpaired) electrons. The first-order valence-corrected chi connectivity index (χ1v) is 13.6. The van der Waals surface area contributed by atoms with Crippen molar-refractivity contribution in [2.75, 3.05) is 17.7 Å². The molecule has 0 spiro atoms. The zero-order valence-electron chi connectivity index (χ0n) is 21.7. The number of rotatable bonds is 11. The number of amides is 2. The highest BCUT2D eigenvalue weighted by molar-refractivity contribution is 7.99. The first-order chi connectivity index (χ1) is 17.6. The van der Waals surface area contributed by atoms with Crippen LogP contribution in [0.3, 0.4) is 0 Å². The third-order valence-corrected chi connectivity index (χ3v) is 7.91. The van der Waals surface area contributed by atoms with Crippen LogP contribution in [0, 0.1) is 20.8 Å². The number of aromatic nitrogens is 3. The van der Waals surface area contributed by atoms with Crippen LogP contribution in [0.15, 0.2) is 23.4 Å². The maximum atomic E-state index is 12.8. The monoisotopic (exact) mass is 545 g/mol. The zero-order chi connectivity index (χ0) is 27.3. The molecule has 0 aliphatic carbocycles. The number of aryl methyl sites for hydroxylation is 1. The predicted octanol–water partition coefficient (Wildman–Crippen LogP) is 4.43. The van der Waals surface area contributed by atoms with Crippen LogP contribution in [0.4, 0.5) is 5.00 Å². The molecular formula is C25H31N5O5S2. The molecule has 0 bridgehead atoms. The second kappa shape index (κ2) is 12.2. The van der Waals surface area contributed by atoms with Gasteiger partial charge in [0.05, 0.1) is 22.8 Å². The molecule has 198 valence electrons. The summed E-state index contributed by atoms with van der Waals surface area (Å²) in [6, 6.07) is 5.90. The summed E-state index contributed by atoms with van der Waals surface area (Å²) < 4.78 is 13.2. The van der Waals surface area contributed by atoms with E-state index < -0.39 is 11.9 Å². The zero-order valence-corrected chi connectivity index (χ0v) is 23.3. The van der Waals surface area contributed by atoms with Gasteiger partial charge in [-0.2, -0.15) is 0 Å². The van der Waals surface area contributed by atoms with E-state index in [2.05, 4.69) is 15.5 Å². The molecule has 0 saturated carbocycles. The highest BCUT2D eigenvalue weighted by atomic mass is 32.2. The fourth-order valence-electron chi connectivity index (χ4n) is 3.68. The van der Waals surface area contributed by atoms with Crippen molar-refractivity contribution < 1.29 is 23.9 Å². The number of hydrogen-bond donors (Lipinski definition) is 2. The second-order valence-corrected chi connectivity index (χ2v) is 10.2. The third kappa shape index (κ3) is 6.31. The van der Waals surface area contributed by atoms with Gasteiger partial charge in [0.1, 0.15) is 10.8 Å². The van der Waals surface area contributed by atoms with E-state index in [-0.39, 0.29) is 39.8 Å². The van der Waals surface area contributed by atoms with Crippen LogP contribution < -0.4 is 15.8 Å². The molecule has 0 saturated heterocycles. The predicted molar refractivity (Wildman–Crippen MR) is 144 cm³/mol. The maximum Gasteiger partial charge on any atom is 0.341 e. The number of ether oxygens (including phenoxy) is 2. The van der Waals surface area contributed by atoms with Crippen molar-refractivity contribution in [2.24, 2.45) is 5.73 Å². The van der Waals surface area contributed by atoms with E-state index in [1.807, 2.05) is 50.5 Å². The summed E-state index contributed by atoms with van der Waals surface area (Å²) in [6.07, 6.45) is -0.357. The Kier molecular flexibility index (Phi) is 9.33. The number of nitrogens with two attached hydrogens (primary N) is 1. The van der Waals surface area contributed by atoms with Gasteiger partial charge < -0.3 is 25.1 Å². The van der Waals surface area contributed by atoms with Gasteiger partial charge in [0.25, 0.3) is 5.91 Å². The molecule has 3 aromatic rings. The Morgan fingerprint density at radius 2 is 1.89 bits per heavy atom. The van der Waals surface area contributed by atoms with E-state index in [1.165, 1.54) is 11.8 Å². The van der Waals surface area contributed by atoms with Gasteiger partial charge in [-0.15, -0.1) is 21.5 Å². The van der Waals surface area contributed by atoms with Gasteiger partial charge in [-0.3, -0.25) is 9.59 Å². The van der Waals surface area contributed by atoms with Crippen molar-refractivity contribution in [1.82, 2.24) is 14.8 Å². The SMILES string of the molecule is CCOC(=O)c1c(NC(=O)CSc2nnc(C(C)Oc3cccc(C)c3C)n2CC)sc(C(N)=O)c1C. The minimum Gasteiger partial charge on any atom is -0.482 e. The van der Waals surface area contributed by atoms with Crippen molar-refractivity contribution in [2.45, 2.75) is 59.3 Å². The van der Waals surface area contributed by atoms with E-state index in [9.17, 15) is 14.4 Å². The Balaban J connectivity index is 1.73. The number of primary amides is 1. The third-order valence-electron chi connectivity index (χ3n) is 5.72. The summed E-state index contributed by atoms with van der Waals surface area (Å²) in [5.41, 5.74) is 8.15. The van der Waals surface area contributed by atoms with Crippen LogP contribution in [0.2, 0.25) is 0 Å². The minimum atomic E-state index is -0.677. The van der Waals surface area contributed by atoms with Crippen LogP contribution in [-0.2, 0) is 16.1 Å². The largest absolute Gasteiger partial charge is 0.482 e. The van der Waals surface area contributed by atoms with Crippen molar-refractivity contribution in [3.05, 3.63) is 51.2 Å². The molecule has 0 aliphatic heterocycles. The summed E-state index contributed by atoms with van der Waals surface area (Å²) in [4.78, 5) is 37.2. The molecule has 0 fully saturated rings. The average molecular weight is 546 g/mol. The van der Waals surface area contributed by atoms with Crippen LogP contribution >= 0.6 is 23.1 Å². The number of carbonyl (C=O) groups is 3. The molecule has 10 nitrogen and oxygen atoms in total. The molecule has 2 heterocycles. The molecule has 1 aromatic carbocycles. The lowest BCUT2D eigenvalue weighted by atomic mass is 10.1. The van der Waals surface area contributed by atoms with Crippen LogP contribution in [0.1, 0.15) is 69.4 Å². The molecule has 2 amide bonds. The lowest BCUT2D eigenvalue weighted by Crippen LogP contribution is -2.17. The normalized spacial score (nSPS) is 11.7. The van der Waals surface area contributed by atoms with Gasteiger partial charge in [0.2, 0.25) is 5.91 Å². The van der Waals surface area contributed by atoms with Gasteiger partial charge in [0.15, 0.2) is 17.1 Å². The van der Waals surface area contributed by atoms with Gasteiger partial charge in [-0.1, -0.05) is 23.9 Å². The summed E-state index contributed by atoms with van der Waals surface area (Å²) in [5, 5.41) is 12.1. The topological polar surface area (TPSA) is 138 Å². The van der Waals surface area contributed by atoms with E-state index in [1.54, 1.807) is 13.8 Å². The smallest absolute Gasteiger partial charge is 0.341 e. The van der Waals surface area contributed by atoms with E-state index in [0.29, 0.717) is 23.1 Å². The summed E-state index contributed by atoms with van der Waals surface area (Å²) in [5.74, 6) is -0.236. The average Bonchev–Trinajstić information content (AvgIpc) is 3.41. The van der Waals surface area contributed by atoms with Crippen molar-refractivity contribution in [1.29, 1.82) is 0 Å². The van der Waals surface area contributed by atoms with Crippen LogP contribution in [0.25, 0.3) is 0 Å². The summed E-state index contributed by atoms with van der Waals surface area (Å²) >= 11 is 2.16. The Bertz CT molecular complexity index is 1320. The van der Waals surface area contributed by atoms with Gasteiger partial charge in [0, 0.05) is 6.54 Å². The van der Waals surface area contributed by atoms with Crippen LogP contribution in [-0.4, -0.2) is 44.9 Å². The fourth-order valence-corrected chi connectivity index (χ4v) is 5.55. The molecular weight excluding hydrogens is 514 g/mol. The number of esters is 1. The Hall–Kier alpha value is -3.38. The molecule has 12 heteroatoms. The number of nitrogens with one attached hydrogen (secondary N) is 1. The molecule has 2 aromatic heterocycles. The molecule has 3 rings (SSSR count). The standard InChI is InChI=1S/C25H31N5O5S2/c1-7-30-22(16(6)35-17-11-9-10-13(3)14(17)4)28-29-25(30)36-12-18(31)27-23-19(24(33)34-8-2)15(5)20(37-23)21(26)32/h9-11,16H,7-8,12H2,1-6H3,(H2,26,32)(H,27,31). The fraction of sp³-hybridized carbons (Fsp3) is 0.400. The number of nitrogens with zero attached hydrogens (tertiary/aromatic N) is 3. The lowest BCUT2D eigenvalue weighted by molar-refractivity contribution is -0.113. The van der Waals surface area contributed by atoms with Crippen molar-refractivity contribution in [3.8, 4) is 5.75 Å². The number of anilines is 1.